The topological polar surface area (TPSA) is 94.1 Å². The van der Waals surface area contributed by atoms with Gasteiger partial charge in [0.1, 0.15) is 11.4 Å². The summed E-state index contributed by atoms with van der Waals surface area (Å²) in [5, 5.41) is 10.1. The van der Waals surface area contributed by atoms with Crippen molar-refractivity contribution >= 4 is 34.1 Å². The maximum Gasteiger partial charge on any atom is 0.342 e. The highest BCUT2D eigenvalue weighted by atomic mass is 19.1. The maximum absolute atomic E-state index is 16.0. The van der Waals surface area contributed by atoms with Gasteiger partial charge in [-0.05, 0) is 58.7 Å². The minimum Gasteiger partial charge on any atom is -0.486 e. The number of hydrogen-bond acceptors (Lipinski definition) is 8. The van der Waals surface area contributed by atoms with E-state index in [4.69, 9.17) is 14.2 Å². The van der Waals surface area contributed by atoms with Gasteiger partial charge in [0.2, 0.25) is 0 Å². The quantitative estimate of drug-likeness (QED) is 0.346. The molecule has 3 heterocycles. The van der Waals surface area contributed by atoms with Crippen LogP contribution in [0.15, 0.2) is 30.3 Å². The maximum atomic E-state index is 16.0. The third-order valence-corrected chi connectivity index (χ3v) is 8.06. The fourth-order valence-electron chi connectivity index (χ4n) is 6.13. The molecule has 0 amide bonds. The van der Waals surface area contributed by atoms with Gasteiger partial charge < -0.3 is 29.0 Å². The molecule has 42 heavy (non-hydrogen) atoms. The van der Waals surface area contributed by atoms with Gasteiger partial charge >= 0.3 is 5.97 Å². The number of esters is 1. The Morgan fingerprint density at radius 1 is 1.12 bits per heavy atom. The first-order chi connectivity index (χ1) is 20.2. The van der Waals surface area contributed by atoms with Crippen LogP contribution in [0.1, 0.15) is 56.5 Å². The molecule has 224 valence electrons. The van der Waals surface area contributed by atoms with Gasteiger partial charge in [0.15, 0.2) is 11.6 Å². The Morgan fingerprint density at radius 2 is 1.83 bits per heavy atom. The number of anilines is 3. The molecule has 0 saturated carbocycles. The molecule has 9 nitrogen and oxygen atoms in total. The van der Waals surface area contributed by atoms with E-state index in [0.717, 1.165) is 52.2 Å². The number of H-pyrrole nitrogens is 1. The number of methoxy groups -OCH3 is 1. The molecule has 1 N–H and O–H groups in total. The third kappa shape index (κ3) is 5.90. The van der Waals surface area contributed by atoms with Crippen molar-refractivity contribution in [2.75, 3.05) is 56.3 Å². The molecule has 2 aromatic carbocycles. The molecule has 2 saturated heterocycles. The normalized spacial score (nSPS) is 16.7. The van der Waals surface area contributed by atoms with Gasteiger partial charge in [-0.1, -0.05) is 6.07 Å². The van der Waals surface area contributed by atoms with Crippen LogP contribution in [0.5, 0.6) is 5.75 Å². The molecular formula is C32H40FN5O4. The van der Waals surface area contributed by atoms with E-state index in [9.17, 15) is 10.1 Å². The van der Waals surface area contributed by atoms with E-state index in [1.807, 2.05) is 38.7 Å². The molecule has 2 aliphatic rings. The molecule has 0 bridgehead atoms. The van der Waals surface area contributed by atoms with Crippen molar-refractivity contribution in [3.8, 4) is 11.8 Å². The average Bonchev–Trinajstić information content (AvgIpc) is 3.36. The summed E-state index contributed by atoms with van der Waals surface area (Å²) in [6.45, 7) is 12.7. The van der Waals surface area contributed by atoms with Crippen molar-refractivity contribution in [2.24, 2.45) is 0 Å². The molecule has 0 unspecified atom stereocenters. The zero-order chi connectivity index (χ0) is 30.0. The number of carbonyl (C=O) groups is 1. The van der Waals surface area contributed by atoms with Crippen molar-refractivity contribution in [1.82, 2.24) is 9.88 Å². The fourth-order valence-corrected chi connectivity index (χ4v) is 6.13. The lowest BCUT2D eigenvalue weighted by Gasteiger charge is -2.41. The molecule has 1 aromatic heterocycles. The SMILES string of the molecule is COC(=O)c1c(N(c2cc(F)c(OC(C)C)c(N3CCC(N4CCOCC4)CC3)c2)C(C)C)[nH]c2cc(C#N)ccc12. The number of benzene rings is 2. The van der Waals surface area contributed by atoms with Crippen LogP contribution < -0.4 is 14.5 Å². The number of ether oxygens (including phenoxy) is 3. The highest BCUT2D eigenvalue weighted by Gasteiger charge is 2.31. The number of piperidine rings is 1. The van der Waals surface area contributed by atoms with Crippen molar-refractivity contribution in [3.05, 3.63) is 47.3 Å². The summed E-state index contributed by atoms with van der Waals surface area (Å²) in [7, 11) is 1.34. The minimum absolute atomic E-state index is 0.159. The number of aromatic nitrogens is 1. The van der Waals surface area contributed by atoms with Crippen LogP contribution >= 0.6 is 0 Å². The predicted octanol–water partition coefficient (Wildman–Crippen LogP) is 5.60. The predicted molar refractivity (Wildman–Crippen MR) is 161 cm³/mol. The Labute approximate surface area is 246 Å². The Morgan fingerprint density at radius 3 is 2.45 bits per heavy atom. The van der Waals surface area contributed by atoms with Crippen molar-refractivity contribution in [3.63, 3.8) is 0 Å². The van der Waals surface area contributed by atoms with E-state index in [1.54, 1.807) is 18.2 Å². The first-order valence-electron chi connectivity index (χ1n) is 14.7. The van der Waals surface area contributed by atoms with Gasteiger partial charge in [-0.3, -0.25) is 4.90 Å². The van der Waals surface area contributed by atoms with Crippen molar-refractivity contribution in [2.45, 2.75) is 58.7 Å². The summed E-state index contributed by atoms with van der Waals surface area (Å²) < 4.78 is 32.8. The van der Waals surface area contributed by atoms with E-state index < -0.39 is 11.8 Å². The summed E-state index contributed by atoms with van der Waals surface area (Å²) in [5.41, 5.74) is 2.71. The summed E-state index contributed by atoms with van der Waals surface area (Å²) in [6.07, 6.45) is 1.73. The number of halogens is 1. The summed E-state index contributed by atoms with van der Waals surface area (Å²) in [6, 6.07) is 11.0. The number of rotatable bonds is 8. The zero-order valence-electron chi connectivity index (χ0n) is 25.1. The lowest BCUT2D eigenvalue weighted by molar-refractivity contribution is 0.0115. The van der Waals surface area contributed by atoms with Crippen LogP contribution in [-0.2, 0) is 9.47 Å². The van der Waals surface area contributed by atoms with Gasteiger partial charge in [0, 0.05) is 60.9 Å². The molecular weight excluding hydrogens is 537 g/mol. The number of fused-ring (bicyclic) bond motifs is 1. The van der Waals surface area contributed by atoms with Crippen molar-refractivity contribution in [1.29, 1.82) is 5.26 Å². The first kappa shape index (κ1) is 29.7. The van der Waals surface area contributed by atoms with E-state index in [1.165, 1.54) is 13.2 Å². The monoisotopic (exact) mass is 577 g/mol. The van der Waals surface area contributed by atoms with E-state index in [0.29, 0.717) is 45.3 Å². The zero-order valence-corrected chi connectivity index (χ0v) is 25.1. The van der Waals surface area contributed by atoms with Crippen LogP contribution in [0.4, 0.5) is 21.6 Å². The van der Waals surface area contributed by atoms with E-state index in [2.05, 4.69) is 20.9 Å². The van der Waals surface area contributed by atoms with Gasteiger partial charge in [0.25, 0.3) is 0 Å². The summed E-state index contributed by atoms with van der Waals surface area (Å²) >= 11 is 0. The van der Waals surface area contributed by atoms with E-state index >= 15 is 4.39 Å². The van der Waals surface area contributed by atoms with Crippen LogP contribution in [0, 0.1) is 17.1 Å². The summed E-state index contributed by atoms with van der Waals surface area (Å²) in [5.74, 6) is -0.251. The molecule has 0 atom stereocenters. The Balaban J connectivity index is 1.57. The lowest BCUT2D eigenvalue weighted by atomic mass is 10.0. The fraction of sp³-hybridized carbons (Fsp3) is 0.500. The second kappa shape index (κ2) is 12.6. The van der Waals surface area contributed by atoms with Gasteiger partial charge in [0.05, 0.1) is 43.7 Å². The standard InChI is InChI=1S/C32H40FN5O4/c1-20(2)38(31-29(32(39)40-5)25-7-6-22(19-34)16-27(25)35-31)24-17-26(33)30(42-21(3)4)28(18-24)37-10-8-23(9-11-37)36-12-14-41-15-13-36/h6-7,16-18,20-21,23,35H,8-15H2,1-5H3. The largest absolute Gasteiger partial charge is 0.486 e. The number of carbonyl (C=O) groups excluding carboxylic acids is 1. The number of aromatic amines is 1. The van der Waals surface area contributed by atoms with Crippen LogP contribution in [-0.4, -0.2) is 80.5 Å². The Bertz CT molecular complexity index is 1470. The minimum atomic E-state index is -0.516. The Hall–Kier alpha value is -3.81. The Kier molecular flexibility index (Phi) is 8.90. The third-order valence-electron chi connectivity index (χ3n) is 8.06. The second-order valence-electron chi connectivity index (χ2n) is 11.5. The van der Waals surface area contributed by atoms with Gasteiger partial charge in [-0.25, -0.2) is 9.18 Å². The smallest absolute Gasteiger partial charge is 0.342 e. The first-order valence-corrected chi connectivity index (χ1v) is 14.7. The number of hydrogen-bond donors (Lipinski definition) is 1. The molecule has 0 aliphatic carbocycles. The number of morpholine rings is 1. The second-order valence-corrected chi connectivity index (χ2v) is 11.5. The molecule has 3 aromatic rings. The number of nitrogens with one attached hydrogen (secondary N) is 1. The van der Waals surface area contributed by atoms with Crippen molar-refractivity contribution < 1.29 is 23.4 Å². The molecule has 0 radical (unpaired) electrons. The lowest BCUT2D eigenvalue weighted by Crippen LogP contribution is -2.49. The molecule has 2 aliphatic heterocycles. The highest BCUT2D eigenvalue weighted by Crippen LogP contribution is 2.42. The van der Waals surface area contributed by atoms with E-state index in [-0.39, 0.29) is 17.9 Å². The highest BCUT2D eigenvalue weighted by molar-refractivity contribution is 6.10. The summed E-state index contributed by atoms with van der Waals surface area (Å²) in [4.78, 5) is 23.1. The van der Waals surface area contributed by atoms with Crippen LogP contribution in [0.2, 0.25) is 0 Å². The number of nitriles is 1. The number of nitrogens with zero attached hydrogens (tertiary/aromatic N) is 4. The molecule has 2 fully saturated rings. The molecule has 0 spiro atoms. The van der Waals surface area contributed by atoms with Crippen LogP contribution in [0.3, 0.4) is 0 Å². The van der Waals surface area contributed by atoms with Gasteiger partial charge in [-0.2, -0.15) is 5.26 Å². The molecule has 5 rings (SSSR count). The van der Waals surface area contributed by atoms with Gasteiger partial charge in [-0.15, -0.1) is 0 Å². The average molecular weight is 578 g/mol. The van der Waals surface area contributed by atoms with Crippen LogP contribution in [0.25, 0.3) is 10.9 Å². The molecule has 10 heteroatoms.